The summed E-state index contributed by atoms with van der Waals surface area (Å²) in [7, 11) is 0. The Morgan fingerprint density at radius 1 is 1.00 bits per heavy atom. The summed E-state index contributed by atoms with van der Waals surface area (Å²) in [6.45, 7) is 5.07. The zero-order valence-electron chi connectivity index (χ0n) is 13.4. The Bertz CT molecular complexity index is 664. The van der Waals surface area contributed by atoms with Crippen LogP contribution in [-0.4, -0.2) is 12.5 Å². The quantitative estimate of drug-likeness (QED) is 0.803. The van der Waals surface area contributed by atoms with Crippen LogP contribution in [0.15, 0.2) is 54.6 Å². The third-order valence-corrected chi connectivity index (χ3v) is 4.64. The van der Waals surface area contributed by atoms with Crippen molar-refractivity contribution < 1.29 is 4.79 Å². The molecule has 0 bridgehead atoms. The van der Waals surface area contributed by atoms with Crippen LogP contribution in [0, 0.1) is 0 Å². The van der Waals surface area contributed by atoms with E-state index in [1.807, 2.05) is 35.2 Å². The van der Waals surface area contributed by atoms with Crippen LogP contribution in [0.2, 0.25) is 0 Å². The molecule has 114 valence electrons. The van der Waals surface area contributed by atoms with E-state index < -0.39 is 5.41 Å². The minimum absolute atomic E-state index is 0.242. The standard InChI is InChI=1S/C20H23NO/c1-3-4-14-21-18-13-9-8-12-17(18)20(2,19(21)22)15-16-10-6-5-7-11-16/h5-13H,3-4,14-15H2,1-2H3. The van der Waals surface area contributed by atoms with E-state index in [1.54, 1.807) is 0 Å². The highest BCUT2D eigenvalue weighted by molar-refractivity contribution is 6.08. The number of fused-ring (bicyclic) bond motifs is 1. The number of para-hydroxylation sites is 1. The zero-order valence-corrected chi connectivity index (χ0v) is 13.4. The molecular formula is C20H23NO. The van der Waals surface area contributed by atoms with E-state index in [2.05, 4.69) is 38.1 Å². The second-order valence-corrected chi connectivity index (χ2v) is 6.32. The van der Waals surface area contributed by atoms with Gasteiger partial charge in [0.1, 0.15) is 0 Å². The number of carbonyl (C=O) groups is 1. The molecule has 2 aromatic carbocycles. The van der Waals surface area contributed by atoms with Crippen molar-refractivity contribution in [2.45, 2.75) is 38.5 Å². The first-order valence-electron chi connectivity index (χ1n) is 8.12. The molecule has 0 saturated carbocycles. The third kappa shape index (κ3) is 2.43. The summed E-state index contributed by atoms with van der Waals surface area (Å²) in [5, 5.41) is 0. The maximum absolute atomic E-state index is 13.1. The number of hydrogen-bond acceptors (Lipinski definition) is 1. The normalized spacial score (nSPS) is 20.3. The smallest absolute Gasteiger partial charge is 0.237 e. The Balaban J connectivity index is 1.99. The molecule has 0 radical (unpaired) electrons. The Labute approximate surface area is 132 Å². The number of unbranched alkanes of at least 4 members (excludes halogenated alkanes) is 1. The molecule has 3 rings (SSSR count). The molecule has 0 aromatic heterocycles. The second-order valence-electron chi connectivity index (χ2n) is 6.32. The first-order valence-corrected chi connectivity index (χ1v) is 8.12. The van der Waals surface area contributed by atoms with E-state index in [0.717, 1.165) is 31.5 Å². The van der Waals surface area contributed by atoms with E-state index in [0.29, 0.717) is 0 Å². The minimum Gasteiger partial charge on any atom is -0.311 e. The van der Waals surface area contributed by atoms with Gasteiger partial charge in [0.25, 0.3) is 0 Å². The fraction of sp³-hybridized carbons (Fsp3) is 0.350. The number of anilines is 1. The molecule has 0 saturated heterocycles. The predicted octanol–water partition coefficient (Wildman–Crippen LogP) is 4.33. The molecule has 1 heterocycles. The van der Waals surface area contributed by atoms with Gasteiger partial charge in [-0.25, -0.2) is 0 Å². The summed E-state index contributed by atoms with van der Waals surface area (Å²) in [6, 6.07) is 18.6. The summed E-state index contributed by atoms with van der Waals surface area (Å²) in [5.41, 5.74) is 3.02. The Morgan fingerprint density at radius 3 is 2.41 bits per heavy atom. The van der Waals surface area contributed by atoms with Gasteiger partial charge >= 0.3 is 0 Å². The first kappa shape index (κ1) is 14.8. The van der Waals surface area contributed by atoms with Crippen molar-refractivity contribution in [2.75, 3.05) is 11.4 Å². The molecule has 2 heteroatoms. The lowest BCUT2D eigenvalue weighted by Crippen LogP contribution is -2.40. The highest BCUT2D eigenvalue weighted by Gasteiger charge is 2.46. The SMILES string of the molecule is CCCCN1C(=O)C(C)(Cc2ccccc2)c2ccccc21. The fourth-order valence-corrected chi connectivity index (χ4v) is 3.41. The first-order chi connectivity index (χ1) is 10.7. The third-order valence-electron chi connectivity index (χ3n) is 4.64. The van der Waals surface area contributed by atoms with Crippen molar-refractivity contribution in [1.82, 2.24) is 0 Å². The van der Waals surface area contributed by atoms with Gasteiger partial charge in [0.2, 0.25) is 5.91 Å². The molecule has 1 unspecified atom stereocenters. The molecule has 0 fully saturated rings. The Kier molecular flexibility index (Phi) is 4.02. The topological polar surface area (TPSA) is 20.3 Å². The molecule has 1 amide bonds. The largest absolute Gasteiger partial charge is 0.311 e. The van der Waals surface area contributed by atoms with E-state index in [1.165, 1.54) is 11.1 Å². The highest BCUT2D eigenvalue weighted by Crippen LogP contribution is 2.43. The fourth-order valence-electron chi connectivity index (χ4n) is 3.41. The number of benzene rings is 2. The monoisotopic (exact) mass is 293 g/mol. The minimum atomic E-state index is -0.453. The Morgan fingerprint density at radius 2 is 1.68 bits per heavy atom. The average Bonchev–Trinajstić information content (AvgIpc) is 2.75. The molecule has 2 nitrogen and oxygen atoms in total. The van der Waals surface area contributed by atoms with Gasteiger partial charge in [-0.15, -0.1) is 0 Å². The van der Waals surface area contributed by atoms with Crippen molar-refractivity contribution in [2.24, 2.45) is 0 Å². The van der Waals surface area contributed by atoms with Crippen LogP contribution < -0.4 is 4.90 Å². The van der Waals surface area contributed by atoms with Gasteiger partial charge in [-0.05, 0) is 37.0 Å². The number of amides is 1. The van der Waals surface area contributed by atoms with E-state index in [4.69, 9.17) is 0 Å². The van der Waals surface area contributed by atoms with Crippen molar-refractivity contribution in [1.29, 1.82) is 0 Å². The maximum atomic E-state index is 13.1. The summed E-state index contributed by atoms with van der Waals surface area (Å²) >= 11 is 0. The van der Waals surface area contributed by atoms with Gasteiger partial charge in [-0.2, -0.15) is 0 Å². The van der Waals surface area contributed by atoms with Crippen LogP contribution in [0.3, 0.4) is 0 Å². The summed E-state index contributed by atoms with van der Waals surface area (Å²) in [6.07, 6.45) is 2.90. The van der Waals surface area contributed by atoms with Crippen LogP contribution in [0.4, 0.5) is 5.69 Å². The molecule has 0 aliphatic carbocycles. The van der Waals surface area contributed by atoms with E-state index in [9.17, 15) is 4.79 Å². The highest BCUT2D eigenvalue weighted by atomic mass is 16.2. The maximum Gasteiger partial charge on any atom is 0.237 e. The lowest BCUT2D eigenvalue weighted by molar-refractivity contribution is -0.122. The van der Waals surface area contributed by atoms with Crippen molar-refractivity contribution in [3.05, 3.63) is 65.7 Å². The molecule has 1 atom stereocenters. The summed E-state index contributed by atoms with van der Waals surface area (Å²) < 4.78 is 0. The van der Waals surface area contributed by atoms with E-state index in [-0.39, 0.29) is 5.91 Å². The lowest BCUT2D eigenvalue weighted by Gasteiger charge is -2.24. The van der Waals surface area contributed by atoms with Gasteiger partial charge in [0.15, 0.2) is 0 Å². The zero-order chi connectivity index (χ0) is 15.6. The molecule has 1 aliphatic heterocycles. The Hall–Kier alpha value is -2.09. The number of hydrogen-bond donors (Lipinski definition) is 0. The molecular weight excluding hydrogens is 270 g/mol. The van der Waals surface area contributed by atoms with Crippen LogP contribution in [0.1, 0.15) is 37.8 Å². The van der Waals surface area contributed by atoms with Crippen molar-refractivity contribution in [3.63, 3.8) is 0 Å². The van der Waals surface area contributed by atoms with Gasteiger partial charge in [0, 0.05) is 12.2 Å². The molecule has 22 heavy (non-hydrogen) atoms. The number of nitrogens with zero attached hydrogens (tertiary/aromatic N) is 1. The summed E-state index contributed by atoms with van der Waals surface area (Å²) in [5.74, 6) is 0.242. The second kappa shape index (κ2) is 5.96. The van der Waals surface area contributed by atoms with E-state index >= 15 is 0 Å². The summed E-state index contributed by atoms with van der Waals surface area (Å²) in [4.78, 5) is 15.1. The molecule has 0 N–H and O–H groups in total. The molecule has 2 aromatic rings. The van der Waals surface area contributed by atoms with Crippen LogP contribution in [0.5, 0.6) is 0 Å². The van der Waals surface area contributed by atoms with Gasteiger partial charge in [-0.3, -0.25) is 4.79 Å². The average molecular weight is 293 g/mol. The number of rotatable bonds is 5. The number of carbonyl (C=O) groups excluding carboxylic acids is 1. The van der Waals surface area contributed by atoms with Crippen LogP contribution in [-0.2, 0) is 16.6 Å². The van der Waals surface area contributed by atoms with Crippen LogP contribution >= 0.6 is 0 Å². The van der Waals surface area contributed by atoms with Gasteiger partial charge in [0.05, 0.1) is 5.41 Å². The van der Waals surface area contributed by atoms with Crippen molar-refractivity contribution in [3.8, 4) is 0 Å². The molecule has 0 spiro atoms. The van der Waals surface area contributed by atoms with Gasteiger partial charge < -0.3 is 4.90 Å². The van der Waals surface area contributed by atoms with Crippen LogP contribution in [0.25, 0.3) is 0 Å². The van der Waals surface area contributed by atoms with Gasteiger partial charge in [-0.1, -0.05) is 61.9 Å². The lowest BCUT2D eigenvalue weighted by atomic mass is 9.78. The molecule has 1 aliphatic rings. The van der Waals surface area contributed by atoms with Crippen molar-refractivity contribution >= 4 is 11.6 Å². The predicted molar refractivity (Wildman–Crippen MR) is 91.2 cm³/mol.